The van der Waals surface area contributed by atoms with Gasteiger partial charge in [-0.2, -0.15) is 5.10 Å². The summed E-state index contributed by atoms with van der Waals surface area (Å²) in [5, 5.41) is 4.28. The maximum atomic E-state index is 14.3. The zero-order chi connectivity index (χ0) is 19.0. The molecule has 0 bridgehead atoms. The van der Waals surface area contributed by atoms with Crippen LogP contribution in [0.1, 0.15) is 34.0 Å². The molecule has 0 amide bonds. The number of carbonyl (C=O) groups excluding carboxylic acids is 1. The number of rotatable bonds is 4. The minimum atomic E-state index is -0.375. The molecule has 2 aromatic carbocycles. The van der Waals surface area contributed by atoms with Crippen LogP contribution in [0.15, 0.2) is 48.7 Å². The van der Waals surface area contributed by atoms with Crippen LogP contribution in [-0.4, -0.2) is 29.8 Å². The van der Waals surface area contributed by atoms with Gasteiger partial charge in [0.1, 0.15) is 23.0 Å². The van der Waals surface area contributed by atoms with E-state index in [0.717, 1.165) is 11.3 Å². The highest BCUT2D eigenvalue weighted by Crippen LogP contribution is 2.39. The summed E-state index contributed by atoms with van der Waals surface area (Å²) in [5.41, 5.74) is 2.55. The fourth-order valence-electron chi connectivity index (χ4n) is 3.65. The Labute approximate surface area is 156 Å². The van der Waals surface area contributed by atoms with E-state index < -0.39 is 0 Å². The Kier molecular flexibility index (Phi) is 4.39. The van der Waals surface area contributed by atoms with E-state index in [1.54, 1.807) is 32.4 Å². The third-order valence-corrected chi connectivity index (χ3v) is 5.00. The summed E-state index contributed by atoms with van der Waals surface area (Å²) in [6, 6.07) is 12.0. The molecule has 3 aromatic rings. The molecule has 0 aliphatic heterocycles. The van der Waals surface area contributed by atoms with Crippen molar-refractivity contribution >= 4 is 5.78 Å². The monoisotopic (exact) mass is 366 g/mol. The van der Waals surface area contributed by atoms with Crippen molar-refractivity contribution in [1.29, 1.82) is 0 Å². The first-order valence-corrected chi connectivity index (χ1v) is 8.69. The number of hydrogen-bond donors (Lipinski definition) is 0. The lowest BCUT2D eigenvalue weighted by Gasteiger charge is -2.24. The minimum Gasteiger partial charge on any atom is -0.497 e. The van der Waals surface area contributed by atoms with Gasteiger partial charge in [-0.25, -0.2) is 9.07 Å². The highest BCUT2D eigenvalue weighted by molar-refractivity contribution is 5.98. The normalized spacial score (nSPS) is 16.1. The first-order valence-electron chi connectivity index (χ1n) is 8.69. The van der Waals surface area contributed by atoms with Crippen molar-refractivity contribution in [1.82, 2.24) is 9.78 Å². The minimum absolute atomic E-state index is 0.00158. The van der Waals surface area contributed by atoms with Gasteiger partial charge in [0, 0.05) is 18.4 Å². The highest BCUT2D eigenvalue weighted by atomic mass is 19.1. The van der Waals surface area contributed by atoms with Crippen LogP contribution in [0, 0.1) is 5.82 Å². The summed E-state index contributed by atoms with van der Waals surface area (Å²) in [6.45, 7) is 0. The van der Waals surface area contributed by atoms with Gasteiger partial charge in [0.25, 0.3) is 0 Å². The molecule has 1 atom stereocenters. The summed E-state index contributed by atoms with van der Waals surface area (Å²) in [5.74, 6) is 0.914. The fourth-order valence-corrected chi connectivity index (χ4v) is 3.65. The van der Waals surface area contributed by atoms with Crippen molar-refractivity contribution in [3.63, 3.8) is 0 Å². The van der Waals surface area contributed by atoms with Crippen LogP contribution >= 0.6 is 0 Å². The van der Waals surface area contributed by atoms with Gasteiger partial charge in [-0.05, 0) is 30.2 Å². The topological polar surface area (TPSA) is 53.3 Å². The number of Topliss-reactive ketones (excluding diaryl/α,β-unsaturated/α-hetero) is 1. The standard InChI is InChI=1S/C21H19FN2O3/c1-26-14-7-8-15(21(11-14)27-2)13-9-19-16(20(25)10-13)12-23-24(19)18-6-4-3-5-17(18)22/h3-8,11-13H,9-10H2,1-2H3/t13-/m0/s1. The van der Waals surface area contributed by atoms with Gasteiger partial charge >= 0.3 is 0 Å². The Morgan fingerprint density at radius 1 is 1.11 bits per heavy atom. The molecular weight excluding hydrogens is 347 g/mol. The van der Waals surface area contributed by atoms with Crippen molar-refractivity contribution in [2.24, 2.45) is 0 Å². The third kappa shape index (κ3) is 2.97. The Morgan fingerprint density at radius 2 is 1.93 bits per heavy atom. The Hall–Kier alpha value is -3.15. The van der Waals surface area contributed by atoms with Gasteiger partial charge in [-0.3, -0.25) is 4.79 Å². The molecule has 4 rings (SSSR count). The number of hydrogen-bond acceptors (Lipinski definition) is 4. The molecule has 5 nitrogen and oxygen atoms in total. The van der Waals surface area contributed by atoms with Crippen LogP contribution < -0.4 is 9.47 Å². The number of methoxy groups -OCH3 is 2. The zero-order valence-electron chi connectivity index (χ0n) is 15.1. The molecule has 6 heteroatoms. The molecule has 138 valence electrons. The molecule has 1 aliphatic rings. The van der Waals surface area contributed by atoms with Crippen LogP contribution in [0.4, 0.5) is 4.39 Å². The van der Waals surface area contributed by atoms with Crippen LogP contribution in [0.5, 0.6) is 11.5 Å². The molecular formula is C21H19FN2O3. The predicted octanol–water partition coefficient (Wildman–Crippen LogP) is 3.94. The zero-order valence-corrected chi connectivity index (χ0v) is 15.1. The third-order valence-electron chi connectivity index (χ3n) is 5.00. The van der Waals surface area contributed by atoms with E-state index in [2.05, 4.69) is 5.10 Å². The number of ether oxygens (including phenoxy) is 2. The van der Waals surface area contributed by atoms with E-state index in [1.165, 1.54) is 16.9 Å². The number of fused-ring (bicyclic) bond motifs is 1. The average Bonchev–Trinajstić information content (AvgIpc) is 3.12. The van der Waals surface area contributed by atoms with Crippen molar-refractivity contribution in [2.45, 2.75) is 18.8 Å². The van der Waals surface area contributed by atoms with Crippen molar-refractivity contribution in [3.05, 3.63) is 71.3 Å². The second-order valence-corrected chi connectivity index (χ2v) is 6.50. The van der Waals surface area contributed by atoms with E-state index in [0.29, 0.717) is 35.6 Å². The average molecular weight is 366 g/mol. The number of carbonyl (C=O) groups is 1. The van der Waals surface area contributed by atoms with Gasteiger partial charge in [-0.1, -0.05) is 18.2 Å². The summed E-state index contributed by atoms with van der Waals surface area (Å²) in [6.07, 6.45) is 2.46. The molecule has 0 saturated carbocycles. The number of ketones is 1. The summed E-state index contributed by atoms with van der Waals surface area (Å²) in [7, 11) is 3.19. The van der Waals surface area contributed by atoms with Crippen molar-refractivity contribution in [2.75, 3.05) is 14.2 Å². The molecule has 0 fully saturated rings. The molecule has 27 heavy (non-hydrogen) atoms. The SMILES string of the molecule is COc1ccc([C@@H]2CC(=O)c3cnn(-c4ccccc4F)c3C2)c(OC)c1. The largest absolute Gasteiger partial charge is 0.497 e. The summed E-state index contributed by atoms with van der Waals surface area (Å²) in [4.78, 5) is 12.7. The Bertz CT molecular complexity index is 1010. The second-order valence-electron chi connectivity index (χ2n) is 6.50. The summed E-state index contributed by atoms with van der Waals surface area (Å²) < 4.78 is 26.6. The molecule has 1 heterocycles. The number of para-hydroxylation sites is 1. The van der Waals surface area contributed by atoms with Crippen molar-refractivity contribution in [3.8, 4) is 17.2 Å². The predicted molar refractivity (Wildman–Crippen MR) is 98.5 cm³/mol. The van der Waals surface area contributed by atoms with Crippen LogP contribution in [0.25, 0.3) is 5.69 Å². The van der Waals surface area contributed by atoms with Gasteiger partial charge in [0.15, 0.2) is 5.78 Å². The van der Waals surface area contributed by atoms with Crippen LogP contribution in [-0.2, 0) is 6.42 Å². The Morgan fingerprint density at radius 3 is 2.67 bits per heavy atom. The smallest absolute Gasteiger partial charge is 0.166 e. The lowest BCUT2D eigenvalue weighted by molar-refractivity contribution is 0.0963. The number of benzene rings is 2. The van der Waals surface area contributed by atoms with E-state index in [1.807, 2.05) is 18.2 Å². The second kappa shape index (κ2) is 6.87. The quantitative estimate of drug-likeness (QED) is 0.702. The van der Waals surface area contributed by atoms with E-state index in [-0.39, 0.29) is 17.5 Å². The van der Waals surface area contributed by atoms with E-state index in [9.17, 15) is 9.18 Å². The van der Waals surface area contributed by atoms with E-state index in [4.69, 9.17) is 9.47 Å². The fraction of sp³-hybridized carbons (Fsp3) is 0.238. The number of halogens is 1. The van der Waals surface area contributed by atoms with Gasteiger partial charge in [-0.15, -0.1) is 0 Å². The lowest BCUT2D eigenvalue weighted by atomic mass is 9.82. The first kappa shape index (κ1) is 17.3. The first-order chi connectivity index (χ1) is 13.1. The number of nitrogens with zero attached hydrogens (tertiary/aromatic N) is 2. The van der Waals surface area contributed by atoms with Gasteiger partial charge < -0.3 is 9.47 Å². The molecule has 1 aliphatic carbocycles. The maximum absolute atomic E-state index is 14.3. The molecule has 0 N–H and O–H groups in total. The van der Waals surface area contributed by atoms with Crippen LogP contribution in [0.2, 0.25) is 0 Å². The van der Waals surface area contributed by atoms with Gasteiger partial charge in [0.2, 0.25) is 0 Å². The molecule has 0 saturated heterocycles. The summed E-state index contributed by atoms with van der Waals surface area (Å²) >= 11 is 0. The molecule has 0 spiro atoms. The Balaban J connectivity index is 1.76. The molecule has 1 aromatic heterocycles. The van der Waals surface area contributed by atoms with Crippen LogP contribution in [0.3, 0.4) is 0 Å². The van der Waals surface area contributed by atoms with Crippen molar-refractivity contribution < 1.29 is 18.7 Å². The highest BCUT2D eigenvalue weighted by Gasteiger charge is 2.32. The van der Waals surface area contributed by atoms with E-state index >= 15 is 0 Å². The maximum Gasteiger partial charge on any atom is 0.166 e. The number of aromatic nitrogens is 2. The molecule has 0 unspecified atom stereocenters. The van der Waals surface area contributed by atoms with Gasteiger partial charge in [0.05, 0.1) is 31.7 Å². The molecule has 0 radical (unpaired) electrons. The lowest BCUT2D eigenvalue weighted by Crippen LogP contribution is -2.21.